The van der Waals surface area contributed by atoms with Crippen molar-refractivity contribution in [3.05, 3.63) is 24.3 Å². The topological polar surface area (TPSA) is 95.9 Å². The van der Waals surface area contributed by atoms with Crippen LogP contribution in [0, 0.1) is 0 Å². The Kier molecular flexibility index (Phi) is 55.5. The van der Waals surface area contributed by atoms with Gasteiger partial charge in [-0.2, -0.15) is 0 Å². The Morgan fingerprint density at radius 1 is 0.403 bits per heavy atom. The van der Waals surface area contributed by atoms with E-state index in [-0.39, 0.29) is 18.5 Å². The second-order valence-corrected chi connectivity index (χ2v) is 20.7. The molecule has 0 aliphatic rings. The van der Waals surface area contributed by atoms with E-state index in [1.807, 2.05) is 6.08 Å². The van der Waals surface area contributed by atoms with Crippen LogP contribution in [0.25, 0.3) is 0 Å². The summed E-state index contributed by atoms with van der Waals surface area (Å²) >= 11 is 0. The third-order valence-corrected chi connectivity index (χ3v) is 14.0. The molecule has 6 heteroatoms. The van der Waals surface area contributed by atoms with E-state index >= 15 is 0 Å². The zero-order valence-corrected chi connectivity index (χ0v) is 45.1. The predicted octanol–water partition coefficient (Wildman–Crippen LogP) is 18.6. The summed E-state index contributed by atoms with van der Waals surface area (Å²) in [6.07, 6.45) is 69.1. The number of nitrogens with one attached hydrogen (secondary N) is 1. The first-order valence-corrected chi connectivity index (χ1v) is 30.1. The minimum atomic E-state index is -0.854. The molecule has 1 amide bonds. The molecule has 0 fully saturated rings. The van der Waals surface area contributed by atoms with Crippen molar-refractivity contribution >= 4 is 11.9 Å². The monoisotopic (exact) mass is 944 g/mol. The number of hydrogen-bond acceptors (Lipinski definition) is 5. The van der Waals surface area contributed by atoms with Crippen LogP contribution in [0.4, 0.5) is 0 Å². The van der Waals surface area contributed by atoms with Gasteiger partial charge in [-0.05, 0) is 57.8 Å². The van der Waals surface area contributed by atoms with Gasteiger partial charge in [0.25, 0.3) is 0 Å². The molecule has 0 radical (unpaired) electrons. The van der Waals surface area contributed by atoms with E-state index in [9.17, 15) is 19.8 Å². The number of amides is 1. The number of carbonyl (C=O) groups excluding carboxylic acids is 2. The zero-order chi connectivity index (χ0) is 48.6. The highest BCUT2D eigenvalue weighted by Crippen LogP contribution is 2.17. The summed E-state index contributed by atoms with van der Waals surface area (Å²) in [6, 6.07) is -0.638. The molecule has 0 aromatic carbocycles. The molecule has 0 aliphatic carbocycles. The van der Waals surface area contributed by atoms with Crippen LogP contribution in [0.3, 0.4) is 0 Å². The Balaban J connectivity index is 3.48. The van der Waals surface area contributed by atoms with E-state index in [1.165, 1.54) is 244 Å². The van der Waals surface area contributed by atoms with Crippen LogP contribution in [0.1, 0.15) is 328 Å². The first-order chi connectivity index (χ1) is 33.0. The van der Waals surface area contributed by atoms with Crippen LogP contribution < -0.4 is 5.32 Å². The highest BCUT2D eigenvalue weighted by molar-refractivity contribution is 5.76. The molecule has 0 bridgehead atoms. The van der Waals surface area contributed by atoms with Crippen molar-refractivity contribution < 1.29 is 24.5 Å². The van der Waals surface area contributed by atoms with E-state index in [4.69, 9.17) is 4.74 Å². The molecule has 67 heavy (non-hydrogen) atoms. The molecule has 0 rings (SSSR count). The number of hydrogen-bond donors (Lipinski definition) is 3. The number of unbranched alkanes of at least 4 members (excludes halogenated alkanes) is 43. The van der Waals surface area contributed by atoms with Crippen LogP contribution in [-0.4, -0.2) is 47.4 Å². The minimum absolute atomic E-state index is 0.0136. The quantitative estimate of drug-likeness (QED) is 0.0321. The van der Waals surface area contributed by atoms with Gasteiger partial charge in [0.05, 0.1) is 25.4 Å². The van der Waals surface area contributed by atoms with E-state index in [1.54, 1.807) is 6.08 Å². The number of aliphatic hydroxyl groups excluding tert-OH is 2. The van der Waals surface area contributed by atoms with E-state index < -0.39 is 12.1 Å². The van der Waals surface area contributed by atoms with Gasteiger partial charge >= 0.3 is 5.97 Å². The maximum atomic E-state index is 12.5. The van der Waals surface area contributed by atoms with E-state index in [0.717, 1.165) is 57.8 Å². The summed E-state index contributed by atoms with van der Waals surface area (Å²) in [4.78, 5) is 24.6. The number of rotatable bonds is 56. The average molecular weight is 945 g/mol. The normalized spacial score (nSPS) is 12.7. The first kappa shape index (κ1) is 65.3. The van der Waals surface area contributed by atoms with Gasteiger partial charge in [0.15, 0.2) is 0 Å². The molecule has 6 nitrogen and oxygen atoms in total. The van der Waals surface area contributed by atoms with Crippen molar-refractivity contribution in [2.24, 2.45) is 0 Å². The summed E-state index contributed by atoms with van der Waals surface area (Å²) < 4.78 is 5.47. The third-order valence-electron chi connectivity index (χ3n) is 14.0. The summed E-state index contributed by atoms with van der Waals surface area (Å²) in [5.74, 6) is -0.0918. The summed E-state index contributed by atoms with van der Waals surface area (Å²) in [5, 5.41) is 23.2. The Morgan fingerprint density at radius 3 is 1.06 bits per heavy atom. The SMILES string of the molecule is CCCCCCCCC/C=C\CCCCCCCC(=O)OCCCCCCCCCCCCCCCC(=O)NC(CO)C(O)/C=C/CCCCCCCCCCCCCCCCCCCCC. The van der Waals surface area contributed by atoms with Crippen LogP contribution >= 0.6 is 0 Å². The van der Waals surface area contributed by atoms with Gasteiger partial charge in [-0.15, -0.1) is 0 Å². The summed E-state index contributed by atoms with van der Waals surface area (Å²) in [5.41, 5.74) is 0. The van der Waals surface area contributed by atoms with E-state index in [0.29, 0.717) is 19.4 Å². The fourth-order valence-electron chi connectivity index (χ4n) is 9.34. The lowest BCUT2D eigenvalue weighted by Gasteiger charge is -2.20. The Hall–Kier alpha value is -1.66. The van der Waals surface area contributed by atoms with Crippen LogP contribution in [0.2, 0.25) is 0 Å². The van der Waals surface area contributed by atoms with Gasteiger partial charge in [0, 0.05) is 12.8 Å². The standard InChI is InChI=1S/C61H117NO5/c1-3-5-7-9-11-13-15-17-19-21-22-23-24-25-26-29-33-37-41-45-49-53-59(64)58(57-63)62-60(65)54-50-46-42-38-34-30-28-32-36-40-44-48-52-56-67-61(66)55-51-47-43-39-35-31-27-20-18-16-14-12-10-8-6-4-2/h20,27,49,53,58-59,63-64H,3-19,21-26,28-48,50-52,54-57H2,1-2H3,(H,62,65)/b27-20-,53-49+. The molecular weight excluding hydrogens is 827 g/mol. The lowest BCUT2D eigenvalue weighted by atomic mass is 10.0. The van der Waals surface area contributed by atoms with Gasteiger partial charge in [0.2, 0.25) is 5.91 Å². The molecule has 396 valence electrons. The van der Waals surface area contributed by atoms with Crippen molar-refractivity contribution in [1.29, 1.82) is 0 Å². The molecule has 3 N–H and O–H groups in total. The average Bonchev–Trinajstić information content (AvgIpc) is 3.33. The van der Waals surface area contributed by atoms with Crippen LogP contribution in [0.15, 0.2) is 24.3 Å². The summed E-state index contributed by atoms with van der Waals surface area (Å²) in [6.45, 7) is 4.89. The van der Waals surface area contributed by atoms with Crippen molar-refractivity contribution in [3.8, 4) is 0 Å². The van der Waals surface area contributed by atoms with Crippen molar-refractivity contribution in [1.82, 2.24) is 5.32 Å². The molecule has 2 atom stereocenters. The number of carbonyl (C=O) groups is 2. The van der Waals surface area contributed by atoms with Gasteiger partial charge in [-0.1, -0.05) is 282 Å². The smallest absolute Gasteiger partial charge is 0.305 e. The molecule has 0 aliphatic heterocycles. The van der Waals surface area contributed by atoms with Gasteiger partial charge < -0.3 is 20.3 Å². The molecule has 0 heterocycles. The number of esters is 1. The fraction of sp³-hybridized carbons (Fsp3) is 0.902. The van der Waals surface area contributed by atoms with Crippen LogP contribution in [0.5, 0.6) is 0 Å². The Morgan fingerprint density at radius 2 is 0.701 bits per heavy atom. The van der Waals surface area contributed by atoms with Gasteiger partial charge in [-0.25, -0.2) is 0 Å². The molecule has 0 spiro atoms. The van der Waals surface area contributed by atoms with Crippen molar-refractivity contribution in [2.75, 3.05) is 13.2 Å². The van der Waals surface area contributed by atoms with Crippen molar-refractivity contribution in [3.63, 3.8) is 0 Å². The lowest BCUT2D eigenvalue weighted by molar-refractivity contribution is -0.143. The molecule has 0 saturated carbocycles. The number of allylic oxidation sites excluding steroid dienone is 3. The molecule has 0 saturated heterocycles. The summed E-state index contributed by atoms with van der Waals surface area (Å²) in [7, 11) is 0. The van der Waals surface area contributed by atoms with Crippen molar-refractivity contribution in [2.45, 2.75) is 341 Å². The van der Waals surface area contributed by atoms with Gasteiger partial charge in [-0.3, -0.25) is 9.59 Å². The fourth-order valence-corrected chi connectivity index (χ4v) is 9.34. The predicted molar refractivity (Wildman–Crippen MR) is 292 cm³/mol. The second-order valence-electron chi connectivity index (χ2n) is 20.7. The Labute approximate surface area is 418 Å². The van der Waals surface area contributed by atoms with Crippen LogP contribution in [-0.2, 0) is 14.3 Å². The third kappa shape index (κ3) is 53.5. The number of ether oxygens (including phenoxy) is 1. The lowest BCUT2D eigenvalue weighted by Crippen LogP contribution is -2.45. The zero-order valence-electron chi connectivity index (χ0n) is 45.1. The largest absolute Gasteiger partial charge is 0.466 e. The molecular formula is C61H117NO5. The Bertz CT molecular complexity index is 1040. The number of aliphatic hydroxyl groups is 2. The maximum Gasteiger partial charge on any atom is 0.305 e. The van der Waals surface area contributed by atoms with E-state index in [2.05, 4.69) is 31.3 Å². The second kappa shape index (κ2) is 56.9. The molecule has 0 aromatic rings. The molecule has 0 aromatic heterocycles. The highest BCUT2D eigenvalue weighted by atomic mass is 16.5. The minimum Gasteiger partial charge on any atom is -0.466 e. The first-order valence-electron chi connectivity index (χ1n) is 30.1. The molecule has 2 unspecified atom stereocenters. The maximum absolute atomic E-state index is 12.5. The highest BCUT2D eigenvalue weighted by Gasteiger charge is 2.18. The van der Waals surface area contributed by atoms with Gasteiger partial charge in [0.1, 0.15) is 0 Å².